The van der Waals surface area contributed by atoms with Gasteiger partial charge < -0.3 is 20.1 Å². The van der Waals surface area contributed by atoms with Crippen molar-refractivity contribution in [3.8, 4) is 6.07 Å². The monoisotopic (exact) mass is 672 g/mol. The number of aromatic nitrogens is 2. The van der Waals surface area contributed by atoms with Gasteiger partial charge in [0.2, 0.25) is 5.91 Å². The predicted molar refractivity (Wildman–Crippen MR) is 173 cm³/mol. The molecule has 4 rings (SSSR count). The van der Waals surface area contributed by atoms with Crippen molar-refractivity contribution in [1.29, 1.82) is 5.26 Å². The topological polar surface area (TPSA) is 86.0 Å². The number of carbonyl (C=O) groups is 1. The standard InChI is InChI=1S/C32H29Cl2F3N6OS/c1-31(2,41-28(44)14-26-16-39-20-43(26)17-22-11-9-21(15-38)10-12-22)19-42(18-23-5-3-8-27(33)29(23)34)30(45)40-25-7-4-6-24(13-25)32(35,36)37/h3-13,16,20H,14,17-19H2,1-2H3,(H,40,45)(H,41,44). The SMILES string of the molecule is CC(C)(CN(Cc1cccc(Cl)c1Cl)C(=S)Nc1cccc(C(F)(F)F)c1)NC(=O)Cc1cncn1Cc1ccc(C#N)cc1. The van der Waals surface area contributed by atoms with Crippen molar-refractivity contribution in [2.24, 2.45) is 0 Å². The van der Waals surface area contributed by atoms with Crippen LogP contribution in [0.3, 0.4) is 0 Å². The van der Waals surface area contributed by atoms with Gasteiger partial charge in [0, 0.05) is 37.2 Å². The molecule has 2 N–H and O–H groups in total. The number of nitrogens with zero attached hydrogens (tertiary/aromatic N) is 4. The first-order valence-electron chi connectivity index (χ1n) is 13.7. The number of halogens is 5. The van der Waals surface area contributed by atoms with Crippen LogP contribution < -0.4 is 10.6 Å². The molecule has 0 spiro atoms. The van der Waals surface area contributed by atoms with Crippen molar-refractivity contribution < 1.29 is 18.0 Å². The van der Waals surface area contributed by atoms with Crippen LogP contribution in [0.4, 0.5) is 18.9 Å². The molecular formula is C32H29Cl2F3N6OS. The molecule has 0 radical (unpaired) electrons. The normalized spacial score (nSPS) is 11.5. The van der Waals surface area contributed by atoms with Gasteiger partial charge in [-0.15, -0.1) is 0 Å². The second kappa shape index (κ2) is 14.3. The Kier molecular flexibility index (Phi) is 10.8. The van der Waals surface area contributed by atoms with Crippen molar-refractivity contribution in [2.45, 2.75) is 45.1 Å². The quantitative estimate of drug-likeness (QED) is 0.170. The zero-order valence-electron chi connectivity index (χ0n) is 24.3. The van der Waals surface area contributed by atoms with Gasteiger partial charge >= 0.3 is 6.18 Å². The summed E-state index contributed by atoms with van der Waals surface area (Å²) >= 11 is 18.3. The molecule has 234 valence electrons. The number of rotatable bonds is 10. The summed E-state index contributed by atoms with van der Waals surface area (Å²) in [5.41, 5.74) is 1.34. The van der Waals surface area contributed by atoms with E-state index in [0.29, 0.717) is 33.4 Å². The van der Waals surface area contributed by atoms with Crippen LogP contribution in [0.5, 0.6) is 0 Å². The number of amides is 1. The Bertz CT molecular complexity index is 1720. The van der Waals surface area contributed by atoms with Crippen LogP contribution in [0.15, 0.2) is 79.3 Å². The minimum atomic E-state index is -4.52. The van der Waals surface area contributed by atoms with E-state index in [0.717, 1.165) is 17.7 Å². The van der Waals surface area contributed by atoms with E-state index in [1.165, 1.54) is 12.1 Å². The molecule has 0 fully saturated rings. The van der Waals surface area contributed by atoms with Crippen LogP contribution in [0.1, 0.15) is 41.8 Å². The van der Waals surface area contributed by atoms with Crippen LogP contribution in [0, 0.1) is 11.3 Å². The number of thiocarbonyl (C=S) groups is 1. The second-order valence-electron chi connectivity index (χ2n) is 11.0. The van der Waals surface area contributed by atoms with E-state index in [1.54, 1.807) is 47.8 Å². The average Bonchev–Trinajstić information content (AvgIpc) is 3.40. The number of nitrogens with one attached hydrogen (secondary N) is 2. The third-order valence-electron chi connectivity index (χ3n) is 6.76. The molecule has 0 unspecified atom stereocenters. The number of benzene rings is 3. The fraction of sp³-hybridized carbons (Fsp3) is 0.250. The Morgan fingerprint density at radius 2 is 1.80 bits per heavy atom. The van der Waals surface area contributed by atoms with E-state index >= 15 is 0 Å². The Hall–Kier alpha value is -4.11. The molecule has 1 heterocycles. The second-order valence-corrected chi connectivity index (χ2v) is 12.2. The molecule has 0 saturated heterocycles. The fourth-order valence-corrected chi connectivity index (χ4v) is 5.30. The van der Waals surface area contributed by atoms with Crippen LogP contribution in [0.2, 0.25) is 10.0 Å². The first kappa shape index (κ1) is 33.8. The van der Waals surface area contributed by atoms with Crippen molar-refractivity contribution in [1.82, 2.24) is 19.8 Å². The highest BCUT2D eigenvalue weighted by atomic mass is 35.5. The Balaban J connectivity index is 1.49. The highest BCUT2D eigenvalue weighted by Crippen LogP contribution is 2.31. The molecule has 0 aliphatic heterocycles. The minimum Gasteiger partial charge on any atom is -0.349 e. The molecule has 45 heavy (non-hydrogen) atoms. The smallest absolute Gasteiger partial charge is 0.349 e. The van der Waals surface area contributed by atoms with Crippen LogP contribution in [0.25, 0.3) is 0 Å². The van der Waals surface area contributed by atoms with Gasteiger partial charge in [-0.1, -0.05) is 53.5 Å². The van der Waals surface area contributed by atoms with E-state index < -0.39 is 17.3 Å². The molecule has 0 aliphatic rings. The van der Waals surface area contributed by atoms with Gasteiger partial charge in [0.25, 0.3) is 0 Å². The lowest BCUT2D eigenvalue weighted by atomic mass is 10.0. The number of anilines is 1. The summed E-state index contributed by atoms with van der Waals surface area (Å²) in [5, 5.41) is 15.8. The van der Waals surface area contributed by atoms with Crippen molar-refractivity contribution in [3.05, 3.63) is 117 Å². The van der Waals surface area contributed by atoms with E-state index in [1.807, 2.05) is 30.5 Å². The third-order valence-corrected chi connectivity index (χ3v) is 7.98. The zero-order valence-corrected chi connectivity index (χ0v) is 26.7. The van der Waals surface area contributed by atoms with Gasteiger partial charge in [0.1, 0.15) is 0 Å². The summed E-state index contributed by atoms with van der Waals surface area (Å²) in [4.78, 5) is 19.2. The van der Waals surface area contributed by atoms with Crippen molar-refractivity contribution >= 4 is 52.1 Å². The molecular weight excluding hydrogens is 644 g/mol. The maximum absolute atomic E-state index is 13.3. The number of hydrogen-bond donors (Lipinski definition) is 2. The van der Waals surface area contributed by atoms with Gasteiger partial charge in [-0.3, -0.25) is 4.79 Å². The molecule has 0 bridgehead atoms. The number of imidazole rings is 1. The van der Waals surface area contributed by atoms with E-state index in [4.69, 9.17) is 40.7 Å². The highest BCUT2D eigenvalue weighted by molar-refractivity contribution is 7.80. The molecule has 7 nitrogen and oxygen atoms in total. The molecule has 0 atom stereocenters. The largest absolute Gasteiger partial charge is 0.416 e. The number of nitriles is 1. The average molecular weight is 674 g/mol. The predicted octanol–water partition coefficient (Wildman–Crippen LogP) is 7.47. The lowest BCUT2D eigenvalue weighted by Gasteiger charge is -2.35. The summed E-state index contributed by atoms with van der Waals surface area (Å²) < 4.78 is 41.8. The maximum atomic E-state index is 13.3. The lowest BCUT2D eigenvalue weighted by Crippen LogP contribution is -2.53. The molecule has 3 aromatic carbocycles. The number of hydrogen-bond acceptors (Lipinski definition) is 4. The minimum absolute atomic E-state index is 0.0484. The van der Waals surface area contributed by atoms with Gasteiger partial charge in [-0.2, -0.15) is 18.4 Å². The molecule has 4 aromatic rings. The summed E-state index contributed by atoms with van der Waals surface area (Å²) in [5.74, 6) is -0.265. The fourth-order valence-electron chi connectivity index (χ4n) is 4.67. The van der Waals surface area contributed by atoms with Crippen molar-refractivity contribution in [2.75, 3.05) is 11.9 Å². The lowest BCUT2D eigenvalue weighted by molar-refractivity contribution is -0.137. The van der Waals surface area contributed by atoms with Crippen molar-refractivity contribution in [3.63, 3.8) is 0 Å². The maximum Gasteiger partial charge on any atom is 0.416 e. The van der Waals surface area contributed by atoms with Gasteiger partial charge in [-0.05, 0) is 73.6 Å². The summed E-state index contributed by atoms with van der Waals surface area (Å²) in [6.45, 7) is 4.45. The first-order valence-corrected chi connectivity index (χ1v) is 14.9. The molecule has 0 aliphatic carbocycles. The molecule has 1 amide bonds. The number of carbonyl (C=O) groups excluding carboxylic acids is 1. The van der Waals surface area contributed by atoms with Crippen LogP contribution in [-0.2, 0) is 30.5 Å². The first-order chi connectivity index (χ1) is 21.2. The number of alkyl halides is 3. The molecule has 1 aromatic heterocycles. The summed E-state index contributed by atoms with van der Waals surface area (Å²) in [7, 11) is 0. The molecule has 13 heteroatoms. The van der Waals surface area contributed by atoms with E-state index in [2.05, 4.69) is 21.7 Å². The zero-order chi connectivity index (χ0) is 32.8. The Morgan fingerprint density at radius 1 is 1.09 bits per heavy atom. The highest BCUT2D eigenvalue weighted by Gasteiger charge is 2.31. The van der Waals surface area contributed by atoms with E-state index in [-0.39, 0.29) is 36.2 Å². The van der Waals surface area contributed by atoms with Crippen LogP contribution >= 0.6 is 35.4 Å². The summed E-state index contributed by atoms with van der Waals surface area (Å²) in [6, 6.07) is 19.1. The molecule has 0 saturated carbocycles. The third kappa shape index (κ3) is 9.44. The van der Waals surface area contributed by atoms with Gasteiger partial charge in [-0.25, -0.2) is 4.98 Å². The van der Waals surface area contributed by atoms with Gasteiger partial charge in [0.15, 0.2) is 5.11 Å². The van der Waals surface area contributed by atoms with Crippen LogP contribution in [-0.4, -0.2) is 37.6 Å². The van der Waals surface area contributed by atoms with E-state index in [9.17, 15) is 18.0 Å². The Morgan fingerprint density at radius 3 is 2.49 bits per heavy atom. The Labute approximate surface area is 274 Å². The summed E-state index contributed by atoms with van der Waals surface area (Å²) in [6.07, 6.45) is -1.21. The van der Waals surface area contributed by atoms with Gasteiger partial charge in [0.05, 0.1) is 45.5 Å².